The molecule has 8 heteroatoms. The number of aromatic amines is 1. The number of aromatic nitrogens is 2. The van der Waals surface area contributed by atoms with Gasteiger partial charge >= 0.3 is 0 Å². The molecule has 6 nitrogen and oxygen atoms in total. The van der Waals surface area contributed by atoms with Gasteiger partial charge in [-0.05, 0) is 23.8 Å². The van der Waals surface area contributed by atoms with E-state index in [1.165, 1.54) is 24.3 Å². The zero-order chi connectivity index (χ0) is 19.8. The average molecular weight is 402 g/mol. The second-order valence-electron chi connectivity index (χ2n) is 6.72. The van der Waals surface area contributed by atoms with Gasteiger partial charge in [0.25, 0.3) is 0 Å². The Balaban J connectivity index is 1.59. The van der Waals surface area contributed by atoms with Crippen LogP contribution in [0.4, 0.5) is 4.39 Å². The van der Waals surface area contributed by atoms with Crippen LogP contribution in [-0.4, -0.2) is 37.8 Å². The number of fused-ring (bicyclic) bond motifs is 1. The van der Waals surface area contributed by atoms with Crippen molar-refractivity contribution in [2.75, 3.05) is 6.54 Å². The lowest BCUT2D eigenvalue weighted by Crippen LogP contribution is -2.36. The molecule has 1 aliphatic rings. The van der Waals surface area contributed by atoms with Gasteiger partial charge in [-0.25, -0.2) is 4.39 Å². The number of rotatable bonds is 3. The third kappa shape index (κ3) is 3.41. The first-order chi connectivity index (χ1) is 13.4. The number of benzene rings is 2. The summed E-state index contributed by atoms with van der Waals surface area (Å²) in [6.45, 7) is 0.871. The van der Waals surface area contributed by atoms with Crippen molar-refractivity contribution in [1.82, 2.24) is 15.1 Å². The fraction of sp³-hybridized carbons (Fsp3) is 0.200. The Morgan fingerprint density at radius 3 is 2.71 bits per heavy atom. The van der Waals surface area contributed by atoms with E-state index >= 15 is 0 Å². The van der Waals surface area contributed by atoms with E-state index in [1.807, 2.05) is 0 Å². The maximum atomic E-state index is 13.0. The van der Waals surface area contributed by atoms with Crippen LogP contribution in [0.1, 0.15) is 16.8 Å². The molecule has 0 aliphatic carbocycles. The van der Waals surface area contributed by atoms with Crippen molar-refractivity contribution in [2.45, 2.75) is 19.4 Å². The van der Waals surface area contributed by atoms with Crippen LogP contribution in [0.25, 0.3) is 11.3 Å². The van der Waals surface area contributed by atoms with Gasteiger partial charge in [-0.1, -0.05) is 23.7 Å². The number of phenols is 2. The van der Waals surface area contributed by atoms with E-state index < -0.39 is 0 Å². The van der Waals surface area contributed by atoms with Crippen LogP contribution in [0.2, 0.25) is 5.02 Å². The number of halogens is 2. The number of aromatic hydroxyl groups is 2. The molecule has 1 amide bonds. The van der Waals surface area contributed by atoms with Gasteiger partial charge in [0.15, 0.2) is 0 Å². The van der Waals surface area contributed by atoms with Crippen molar-refractivity contribution in [1.29, 1.82) is 0 Å². The third-order valence-corrected chi connectivity index (χ3v) is 5.18. The molecule has 0 radical (unpaired) electrons. The molecule has 3 aromatic rings. The molecule has 2 heterocycles. The number of carbonyl (C=O) groups excluding carboxylic acids is 1. The summed E-state index contributed by atoms with van der Waals surface area (Å²) in [7, 11) is 0. The number of phenolic OH excluding ortho intramolecular Hbond substituents is 2. The lowest BCUT2D eigenvalue weighted by atomic mass is 9.99. The van der Waals surface area contributed by atoms with E-state index in [9.17, 15) is 19.4 Å². The van der Waals surface area contributed by atoms with Crippen LogP contribution in [0, 0.1) is 5.82 Å². The number of H-pyrrole nitrogens is 1. The first kappa shape index (κ1) is 18.3. The van der Waals surface area contributed by atoms with Crippen molar-refractivity contribution in [3.63, 3.8) is 0 Å². The van der Waals surface area contributed by atoms with Gasteiger partial charge in [-0.2, -0.15) is 5.10 Å². The Kier molecular flexibility index (Phi) is 4.68. The van der Waals surface area contributed by atoms with E-state index in [4.69, 9.17) is 11.6 Å². The Bertz CT molecular complexity index is 1050. The molecule has 0 saturated heterocycles. The predicted molar refractivity (Wildman–Crippen MR) is 102 cm³/mol. The summed E-state index contributed by atoms with van der Waals surface area (Å²) in [5.74, 6) is -0.777. The molecule has 1 aliphatic heterocycles. The Morgan fingerprint density at radius 1 is 1.21 bits per heavy atom. The molecule has 4 rings (SSSR count). The second-order valence-corrected chi connectivity index (χ2v) is 7.13. The number of hydrogen-bond donors (Lipinski definition) is 3. The van der Waals surface area contributed by atoms with E-state index in [0.29, 0.717) is 30.8 Å². The summed E-state index contributed by atoms with van der Waals surface area (Å²) >= 11 is 5.98. The Labute approximate surface area is 165 Å². The number of nitrogens with one attached hydrogen (secondary N) is 1. The number of carbonyl (C=O) groups is 1. The van der Waals surface area contributed by atoms with Crippen LogP contribution < -0.4 is 0 Å². The minimum Gasteiger partial charge on any atom is -0.507 e. The smallest absolute Gasteiger partial charge is 0.227 e. The normalized spacial score (nSPS) is 13.4. The molecular formula is C20H17ClFN3O3. The summed E-state index contributed by atoms with van der Waals surface area (Å²) in [5.41, 5.74) is 3.31. The van der Waals surface area contributed by atoms with Gasteiger partial charge in [0.05, 0.1) is 11.4 Å². The molecule has 28 heavy (non-hydrogen) atoms. The maximum absolute atomic E-state index is 13.0. The molecule has 3 N–H and O–H groups in total. The van der Waals surface area contributed by atoms with Crippen molar-refractivity contribution in [2.24, 2.45) is 0 Å². The van der Waals surface area contributed by atoms with Gasteiger partial charge in [0.1, 0.15) is 23.0 Å². The summed E-state index contributed by atoms with van der Waals surface area (Å²) in [6.07, 6.45) is 0.781. The van der Waals surface area contributed by atoms with E-state index in [0.717, 1.165) is 16.8 Å². The number of nitrogens with zero attached hydrogens (tertiary/aromatic N) is 2. The summed E-state index contributed by atoms with van der Waals surface area (Å²) in [4.78, 5) is 14.4. The lowest BCUT2D eigenvalue weighted by molar-refractivity contribution is -0.131. The summed E-state index contributed by atoms with van der Waals surface area (Å²) < 4.78 is 13.0. The number of amides is 1. The molecule has 0 atom stereocenters. The fourth-order valence-corrected chi connectivity index (χ4v) is 3.52. The molecule has 0 fully saturated rings. The number of hydrogen-bond acceptors (Lipinski definition) is 4. The lowest BCUT2D eigenvalue weighted by Gasteiger charge is -2.27. The summed E-state index contributed by atoms with van der Waals surface area (Å²) in [6, 6.07) is 8.48. The SMILES string of the molecule is O=C(Cc1ccc(F)cc1)N1CCc2[nH]nc(-c3cc(Cl)c(O)cc3O)c2C1. The zero-order valence-electron chi connectivity index (χ0n) is 14.7. The van der Waals surface area contributed by atoms with E-state index in [-0.39, 0.29) is 34.7 Å². The molecule has 0 spiro atoms. The molecule has 0 bridgehead atoms. The first-order valence-electron chi connectivity index (χ1n) is 8.72. The Morgan fingerprint density at radius 2 is 1.96 bits per heavy atom. The second kappa shape index (κ2) is 7.16. The average Bonchev–Trinajstić information content (AvgIpc) is 3.09. The standard InChI is InChI=1S/C20H17ClFN3O3/c21-15-8-13(17(26)9-18(15)27)20-14-10-25(6-5-16(14)23-24-20)19(28)7-11-1-3-12(22)4-2-11/h1-4,8-9,26-27H,5-7,10H2,(H,23,24). The Hall–Kier alpha value is -3.06. The van der Waals surface area contributed by atoms with Gasteiger partial charge in [-0.15, -0.1) is 0 Å². The minimum atomic E-state index is -0.339. The molecule has 1 aromatic heterocycles. The van der Waals surface area contributed by atoms with Crippen LogP contribution in [0.15, 0.2) is 36.4 Å². The highest BCUT2D eigenvalue weighted by molar-refractivity contribution is 6.32. The van der Waals surface area contributed by atoms with Crippen molar-refractivity contribution in [3.8, 4) is 22.8 Å². The quantitative estimate of drug-likeness (QED) is 0.627. The molecule has 0 saturated carbocycles. The van der Waals surface area contributed by atoms with Crippen molar-refractivity contribution in [3.05, 3.63) is 64.1 Å². The van der Waals surface area contributed by atoms with Gasteiger partial charge < -0.3 is 15.1 Å². The van der Waals surface area contributed by atoms with Crippen LogP contribution in [-0.2, 0) is 24.2 Å². The first-order valence-corrected chi connectivity index (χ1v) is 9.10. The van der Waals surface area contributed by atoms with Crippen LogP contribution in [0.5, 0.6) is 11.5 Å². The van der Waals surface area contributed by atoms with Crippen molar-refractivity contribution >= 4 is 17.5 Å². The van der Waals surface area contributed by atoms with Gasteiger partial charge in [-0.3, -0.25) is 9.89 Å². The van der Waals surface area contributed by atoms with Crippen molar-refractivity contribution < 1.29 is 19.4 Å². The highest BCUT2D eigenvalue weighted by Gasteiger charge is 2.27. The predicted octanol–water partition coefficient (Wildman–Crippen LogP) is 3.41. The van der Waals surface area contributed by atoms with E-state index in [1.54, 1.807) is 17.0 Å². The maximum Gasteiger partial charge on any atom is 0.227 e. The van der Waals surface area contributed by atoms with Crippen LogP contribution >= 0.6 is 11.6 Å². The molecule has 0 unspecified atom stereocenters. The fourth-order valence-electron chi connectivity index (χ4n) is 3.36. The van der Waals surface area contributed by atoms with E-state index in [2.05, 4.69) is 10.2 Å². The molecule has 2 aromatic carbocycles. The van der Waals surface area contributed by atoms with Gasteiger partial charge in [0.2, 0.25) is 5.91 Å². The molecular weight excluding hydrogens is 385 g/mol. The largest absolute Gasteiger partial charge is 0.507 e. The van der Waals surface area contributed by atoms with Crippen LogP contribution in [0.3, 0.4) is 0 Å². The summed E-state index contributed by atoms with van der Waals surface area (Å²) in [5, 5.41) is 27.2. The minimum absolute atomic E-state index is 0.0719. The van der Waals surface area contributed by atoms with Gasteiger partial charge in [0, 0.05) is 42.4 Å². The highest BCUT2D eigenvalue weighted by Crippen LogP contribution is 2.39. The molecule has 144 valence electrons. The highest BCUT2D eigenvalue weighted by atomic mass is 35.5. The topological polar surface area (TPSA) is 89.5 Å². The zero-order valence-corrected chi connectivity index (χ0v) is 15.5. The third-order valence-electron chi connectivity index (χ3n) is 4.88. The monoisotopic (exact) mass is 401 g/mol.